The van der Waals surface area contributed by atoms with Crippen LogP contribution in [0.1, 0.15) is 57.2 Å². The van der Waals surface area contributed by atoms with Crippen molar-refractivity contribution in [2.24, 2.45) is 16.7 Å². The van der Waals surface area contributed by atoms with Crippen molar-refractivity contribution >= 4 is 46.8 Å². The number of carbonyl (C=O) groups excluding carboxylic acids is 2. The molecular weight excluding hydrogens is 446 g/mol. The number of hydrogen-bond donors (Lipinski definition) is 2. The molecule has 1 aromatic rings. The minimum atomic E-state index is -0.779. The Labute approximate surface area is 195 Å². The monoisotopic (exact) mass is 471 g/mol. The number of anilines is 1. The fourth-order valence-electron chi connectivity index (χ4n) is 5.95. The molecule has 172 valence electrons. The van der Waals surface area contributed by atoms with Crippen LogP contribution in [0.2, 0.25) is 5.15 Å². The summed E-state index contributed by atoms with van der Waals surface area (Å²) in [6.07, 6.45) is 7.72. The topological polar surface area (TPSA) is 131 Å². The van der Waals surface area contributed by atoms with E-state index in [4.69, 9.17) is 26.9 Å². The summed E-state index contributed by atoms with van der Waals surface area (Å²) in [5, 5.41) is 20.5. The maximum absolute atomic E-state index is 12.8. The lowest BCUT2D eigenvalue weighted by Crippen LogP contribution is -2.39. The highest BCUT2D eigenvalue weighted by Gasteiger charge is 2.59. The van der Waals surface area contributed by atoms with Crippen molar-refractivity contribution in [3.8, 4) is 0 Å². The Hall–Kier alpha value is -2.65. The van der Waals surface area contributed by atoms with Crippen LogP contribution in [0.3, 0.4) is 0 Å². The van der Waals surface area contributed by atoms with Crippen LogP contribution in [-0.4, -0.2) is 56.6 Å². The molecule has 2 aliphatic heterocycles. The van der Waals surface area contributed by atoms with Gasteiger partial charge >= 0.3 is 11.8 Å². The number of nitrogens with one attached hydrogen (secondary N) is 2. The number of hydrogen-bond acceptors (Lipinski definition) is 6. The summed E-state index contributed by atoms with van der Waals surface area (Å²) in [5.74, 6) is 1.15. The van der Waals surface area contributed by atoms with Gasteiger partial charge in [-0.05, 0) is 44.4 Å². The van der Waals surface area contributed by atoms with Crippen molar-refractivity contribution in [3.63, 3.8) is 0 Å². The highest BCUT2D eigenvalue weighted by Crippen LogP contribution is 2.56. The van der Waals surface area contributed by atoms with Gasteiger partial charge in [-0.25, -0.2) is 10.1 Å². The molecule has 3 atom stereocenters. The van der Waals surface area contributed by atoms with Gasteiger partial charge in [-0.3, -0.25) is 10.2 Å². The number of amides is 2. The van der Waals surface area contributed by atoms with Crippen molar-refractivity contribution in [2.45, 2.75) is 51.4 Å². The number of aromatic nitrogens is 2. The normalized spacial score (nSPS) is 34.0. The number of nitrogens with zero attached hydrogens (tertiary/aromatic N) is 3. The molecule has 2 unspecified atom stereocenters. The smallest absolute Gasteiger partial charge is 0.446 e. The van der Waals surface area contributed by atoms with E-state index in [0.717, 1.165) is 25.7 Å². The molecule has 0 aromatic carbocycles. The molecule has 1 spiro atoms. The molecule has 10 heteroatoms. The van der Waals surface area contributed by atoms with E-state index in [-0.39, 0.29) is 39.7 Å². The Morgan fingerprint density at radius 1 is 1.24 bits per heavy atom. The second-order valence-corrected chi connectivity index (χ2v) is 10.3. The molecule has 1 saturated heterocycles. The molecule has 2 saturated carbocycles. The Morgan fingerprint density at radius 2 is 2.06 bits per heavy atom. The van der Waals surface area contributed by atoms with Gasteiger partial charge in [0.25, 0.3) is 5.82 Å². The summed E-state index contributed by atoms with van der Waals surface area (Å²) in [7, 11) is 0. The molecule has 9 nitrogen and oxygen atoms in total. The highest BCUT2D eigenvalue weighted by molar-refractivity contribution is 6.33. The molecule has 33 heavy (non-hydrogen) atoms. The number of urea groups is 1. The van der Waals surface area contributed by atoms with Crippen LogP contribution in [-0.2, 0) is 9.53 Å². The number of allylic oxidation sites excluding steroid dienone is 2. The fourth-order valence-corrected chi connectivity index (χ4v) is 6.17. The van der Waals surface area contributed by atoms with Crippen LogP contribution >= 0.6 is 11.6 Å². The van der Waals surface area contributed by atoms with Gasteiger partial charge in [-0.1, -0.05) is 23.0 Å². The van der Waals surface area contributed by atoms with E-state index < -0.39 is 5.41 Å². The first-order valence-electron chi connectivity index (χ1n) is 11.5. The minimum Gasteiger partial charge on any atom is -0.595 e. The van der Waals surface area contributed by atoms with Crippen LogP contribution in [0.25, 0.3) is 0 Å². The lowest BCUT2D eigenvalue weighted by Gasteiger charge is -2.36. The zero-order chi connectivity index (χ0) is 23.0. The van der Waals surface area contributed by atoms with Crippen LogP contribution < -0.4 is 5.32 Å². The third kappa shape index (κ3) is 3.01. The molecule has 3 fully saturated rings. The van der Waals surface area contributed by atoms with Crippen LogP contribution in [0.5, 0.6) is 0 Å². The highest BCUT2D eigenvalue weighted by atomic mass is 35.5. The van der Waals surface area contributed by atoms with Crippen molar-refractivity contribution in [3.05, 3.63) is 22.3 Å². The standard InChI is InChI=1S/C23H24ClN5O4/c24-18-16-20(29(21(32)26-16)10-22-8-12(22)9-33-11-22)28-19(27-18)15(25)13-4-3-7-23(17(13)31)6-2-1-5-14(23)30/h10,12H,1-9,11H2,(H2-,25,26,31,32)/p+2/b29-10-/t12?,22?,23-/m1/s1. The number of ketones is 1. The Balaban J connectivity index is 1.40. The average molecular weight is 472 g/mol. The predicted octanol–water partition coefficient (Wildman–Crippen LogP) is 3.09. The zero-order valence-corrected chi connectivity index (χ0v) is 18.9. The van der Waals surface area contributed by atoms with Gasteiger partial charge in [-0.15, -0.1) is 0 Å². The average Bonchev–Trinajstić information content (AvgIpc) is 3.17. The molecule has 1 aromatic heterocycles. The van der Waals surface area contributed by atoms with Crippen molar-refractivity contribution < 1.29 is 24.0 Å². The molecule has 3 heterocycles. The summed E-state index contributed by atoms with van der Waals surface area (Å²) in [6.45, 7) is 1.27. The largest absolute Gasteiger partial charge is 0.595 e. The second kappa shape index (κ2) is 7.17. The fraction of sp³-hybridized carbons (Fsp3) is 0.565. The van der Waals surface area contributed by atoms with Crippen LogP contribution in [0, 0.1) is 22.2 Å². The van der Waals surface area contributed by atoms with E-state index in [2.05, 4.69) is 15.3 Å². The lowest BCUT2D eigenvalue weighted by molar-refractivity contribution is -0.323. The van der Waals surface area contributed by atoms with Gasteiger partial charge in [-0.2, -0.15) is 9.56 Å². The van der Waals surface area contributed by atoms with Crippen LogP contribution in [0.15, 0.2) is 11.3 Å². The molecule has 6 rings (SSSR count). The van der Waals surface area contributed by atoms with E-state index in [1.54, 1.807) is 0 Å². The minimum absolute atomic E-state index is 0.00751. The van der Waals surface area contributed by atoms with Crippen molar-refractivity contribution in [2.75, 3.05) is 18.5 Å². The summed E-state index contributed by atoms with van der Waals surface area (Å²) in [5.41, 5.74) is -0.0977. The molecule has 5 aliphatic rings. The molecule has 4 N–H and O–H groups in total. The third-order valence-corrected chi connectivity index (χ3v) is 8.28. The maximum atomic E-state index is 12.8. The predicted molar refractivity (Wildman–Crippen MR) is 121 cm³/mol. The lowest BCUT2D eigenvalue weighted by atomic mass is 9.64. The van der Waals surface area contributed by atoms with Crippen molar-refractivity contribution in [1.29, 1.82) is 5.41 Å². The van der Waals surface area contributed by atoms with Gasteiger partial charge < -0.3 is 9.84 Å². The Bertz CT molecular complexity index is 1190. The van der Waals surface area contributed by atoms with Crippen LogP contribution in [0.4, 0.5) is 16.3 Å². The molecule has 2 amide bonds. The maximum Gasteiger partial charge on any atom is 0.446 e. The SMILES string of the molecule is N=C(C1=C([OH2+])[C@]2(CCCCC2=O)CCC1)c1nc(Cl)c2c(n1)/[N+](=C/C13COCC1C3)C(=O)N2. The van der Waals surface area contributed by atoms with Gasteiger partial charge in [0, 0.05) is 11.8 Å². The van der Waals surface area contributed by atoms with Gasteiger partial charge in [0.05, 0.1) is 25.0 Å². The van der Waals surface area contributed by atoms with E-state index in [9.17, 15) is 9.59 Å². The first kappa shape index (κ1) is 20.9. The molecule has 3 aliphatic carbocycles. The summed E-state index contributed by atoms with van der Waals surface area (Å²) in [4.78, 5) is 34.3. The Morgan fingerprint density at radius 3 is 2.79 bits per heavy atom. The molecule has 0 radical (unpaired) electrons. The van der Waals surface area contributed by atoms with E-state index >= 15 is 0 Å². The summed E-state index contributed by atoms with van der Waals surface area (Å²) < 4.78 is 7.00. The summed E-state index contributed by atoms with van der Waals surface area (Å²) in [6, 6.07) is -0.360. The van der Waals surface area contributed by atoms with Gasteiger partial charge in [0.2, 0.25) is 11.4 Å². The van der Waals surface area contributed by atoms with E-state index in [1.165, 1.54) is 4.58 Å². The number of rotatable bonds is 3. The van der Waals surface area contributed by atoms with Gasteiger partial charge in [0.15, 0.2) is 10.9 Å². The number of ether oxygens (including phenoxy) is 1. The van der Waals surface area contributed by atoms with Crippen molar-refractivity contribution in [1.82, 2.24) is 9.97 Å². The number of fused-ring (bicyclic) bond motifs is 2. The first-order valence-corrected chi connectivity index (χ1v) is 11.9. The number of Topliss-reactive ketones (excluding diaryl/α,β-unsaturated/α-hetero) is 1. The third-order valence-electron chi connectivity index (χ3n) is 8.01. The van der Waals surface area contributed by atoms with E-state index in [0.29, 0.717) is 61.9 Å². The quantitative estimate of drug-likeness (QED) is 0.302. The Kier molecular flexibility index (Phi) is 4.55. The van der Waals surface area contributed by atoms with E-state index in [1.807, 2.05) is 6.21 Å². The van der Waals surface area contributed by atoms with Gasteiger partial charge in [0.1, 0.15) is 11.1 Å². The molecular formula is C23H26ClN5O4+2. The molecule has 0 bridgehead atoms. The summed E-state index contributed by atoms with van der Waals surface area (Å²) >= 11 is 6.41. The second-order valence-electron chi connectivity index (χ2n) is 9.91. The first-order chi connectivity index (χ1) is 15.8. The number of carbonyl (C=O) groups is 2. The number of halogens is 1. The zero-order valence-electron chi connectivity index (χ0n) is 18.2.